The van der Waals surface area contributed by atoms with Crippen LogP contribution in [-0.2, 0) is 0 Å². The van der Waals surface area contributed by atoms with Gasteiger partial charge < -0.3 is 20.5 Å². The summed E-state index contributed by atoms with van der Waals surface area (Å²) in [4.78, 5) is 11.9. The molecule has 2 rings (SSSR count). The lowest BCUT2D eigenvalue weighted by atomic mass is 9.94. The second-order valence-electron chi connectivity index (χ2n) is 5.91. The summed E-state index contributed by atoms with van der Waals surface area (Å²) < 4.78 is 5.63. The molecule has 0 bridgehead atoms. The number of rotatable bonds is 5. The summed E-state index contributed by atoms with van der Waals surface area (Å²) in [5, 5.41) is 15.3. The third-order valence-corrected chi connectivity index (χ3v) is 3.94. The summed E-state index contributed by atoms with van der Waals surface area (Å²) >= 11 is 0. The number of carbonyl (C=O) groups is 1. The van der Waals surface area contributed by atoms with Gasteiger partial charge in [-0.05, 0) is 18.9 Å². The van der Waals surface area contributed by atoms with Gasteiger partial charge in [-0.3, -0.25) is 0 Å². The largest absolute Gasteiger partial charge is 0.493 e. The Labute approximate surface area is 125 Å². The Morgan fingerprint density at radius 2 is 2.10 bits per heavy atom. The van der Waals surface area contributed by atoms with Crippen molar-refractivity contribution in [1.82, 2.24) is 10.6 Å². The van der Waals surface area contributed by atoms with Gasteiger partial charge >= 0.3 is 6.03 Å². The van der Waals surface area contributed by atoms with E-state index in [4.69, 9.17) is 4.74 Å². The number of hydrogen-bond donors (Lipinski definition) is 3. The second-order valence-corrected chi connectivity index (χ2v) is 5.91. The van der Waals surface area contributed by atoms with E-state index in [9.17, 15) is 9.90 Å². The highest BCUT2D eigenvalue weighted by atomic mass is 16.5. The normalized spacial score (nSPS) is 19.6. The SMILES string of the molecule is CC(C)C(O)CNC(=O)NC(C)C1COc2ccccc21. The van der Waals surface area contributed by atoms with Crippen molar-refractivity contribution < 1.29 is 14.6 Å². The van der Waals surface area contributed by atoms with E-state index in [-0.39, 0.29) is 30.5 Å². The standard InChI is InChI=1S/C16H24N2O3/c1-10(2)14(19)8-17-16(20)18-11(3)13-9-21-15-7-5-4-6-12(13)15/h4-7,10-11,13-14,19H,8-9H2,1-3H3,(H2,17,18,20). The highest BCUT2D eigenvalue weighted by Gasteiger charge is 2.29. The first kappa shape index (κ1) is 15.6. The van der Waals surface area contributed by atoms with Gasteiger partial charge in [0.25, 0.3) is 0 Å². The number of carbonyl (C=O) groups excluding carboxylic acids is 1. The van der Waals surface area contributed by atoms with Crippen LogP contribution in [0.15, 0.2) is 24.3 Å². The Bertz CT molecular complexity index is 490. The minimum absolute atomic E-state index is 0.0372. The number of amides is 2. The molecule has 0 radical (unpaired) electrons. The van der Waals surface area contributed by atoms with Crippen LogP contribution >= 0.6 is 0 Å². The van der Waals surface area contributed by atoms with Crippen LogP contribution in [0.5, 0.6) is 5.75 Å². The van der Waals surface area contributed by atoms with Gasteiger partial charge in [0.15, 0.2) is 0 Å². The molecule has 5 heteroatoms. The number of nitrogens with one attached hydrogen (secondary N) is 2. The van der Waals surface area contributed by atoms with Crippen LogP contribution in [0.4, 0.5) is 4.79 Å². The topological polar surface area (TPSA) is 70.6 Å². The number of fused-ring (bicyclic) bond motifs is 1. The van der Waals surface area contributed by atoms with Crippen LogP contribution in [0.2, 0.25) is 0 Å². The number of para-hydroxylation sites is 1. The van der Waals surface area contributed by atoms with Crippen LogP contribution in [0.3, 0.4) is 0 Å². The first-order valence-electron chi connectivity index (χ1n) is 7.43. The Morgan fingerprint density at radius 1 is 1.38 bits per heavy atom. The Hall–Kier alpha value is -1.75. The molecule has 1 aliphatic rings. The van der Waals surface area contributed by atoms with Crippen molar-refractivity contribution in [1.29, 1.82) is 0 Å². The minimum atomic E-state index is -0.526. The fourth-order valence-corrected chi connectivity index (χ4v) is 2.39. The molecule has 0 aliphatic carbocycles. The fraction of sp³-hybridized carbons (Fsp3) is 0.562. The molecule has 3 N–H and O–H groups in total. The van der Waals surface area contributed by atoms with Crippen molar-refractivity contribution in [2.45, 2.75) is 38.8 Å². The Balaban J connectivity index is 1.85. The van der Waals surface area contributed by atoms with Gasteiger partial charge in [0.05, 0.1) is 12.7 Å². The average Bonchev–Trinajstić information content (AvgIpc) is 2.88. The van der Waals surface area contributed by atoms with E-state index in [1.165, 1.54) is 0 Å². The van der Waals surface area contributed by atoms with Crippen LogP contribution in [0, 0.1) is 5.92 Å². The molecule has 1 heterocycles. The number of aliphatic hydroxyl groups excluding tert-OH is 1. The van der Waals surface area contributed by atoms with E-state index in [1.54, 1.807) is 0 Å². The molecule has 2 amide bonds. The average molecular weight is 292 g/mol. The maximum Gasteiger partial charge on any atom is 0.315 e. The molecular weight excluding hydrogens is 268 g/mol. The predicted molar refractivity (Wildman–Crippen MR) is 81.5 cm³/mol. The number of urea groups is 1. The van der Waals surface area contributed by atoms with Crippen LogP contribution in [0.1, 0.15) is 32.3 Å². The van der Waals surface area contributed by atoms with E-state index in [1.807, 2.05) is 45.0 Å². The third-order valence-electron chi connectivity index (χ3n) is 3.94. The van der Waals surface area contributed by atoms with Crippen LogP contribution in [-0.4, -0.2) is 36.4 Å². The molecule has 5 nitrogen and oxygen atoms in total. The molecule has 1 aromatic rings. The lowest BCUT2D eigenvalue weighted by Crippen LogP contribution is -2.46. The molecule has 0 spiro atoms. The van der Waals surface area contributed by atoms with Gasteiger partial charge in [-0.1, -0.05) is 32.0 Å². The van der Waals surface area contributed by atoms with Crippen molar-refractivity contribution in [2.75, 3.05) is 13.2 Å². The number of ether oxygens (including phenoxy) is 1. The van der Waals surface area contributed by atoms with Crippen molar-refractivity contribution >= 4 is 6.03 Å². The monoisotopic (exact) mass is 292 g/mol. The predicted octanol–water partition coefficient (Wildman–Crippen LogP) is 1.87. The summed E-state index contributed by atoms with van der Waals surface area (Å²) in [5.74, 6) is 1.17. The number of aliphatic hydroxyl groups is 1. The molecule has 0 saturated heterocycles. The maximum absolute atomic E-state index is 11.9. The second kappa shape index (κ2) is 6.80. The van der Waals surface area contributed by atoms with Gasteiger partial charge in [-0.25, -0.2) is 4.79 Å². The molecule has 0 aromatic heterocycles. The summed E-state index contributed by atoms with van der Waals surface area (Å²) in [7, 11) is 0. The van der Waals surface area contributed by atoms with E-state index in [2.05, 4.69) is 10.6 Å². The molecular formula is C16H24N2O3. The third kappa shape index (κ3) is 3.88. The van der Waals surface area contributed by atoms with Crippen molar-refractivity contribution in [3.63, 3.8) is 0 Å². The molecule has 0 fully saturated rings. The van der Waals surface area contributed by atoms with Crippen molar-refractivity contribution in [3.8, 4) is 5.75 Å². The molecule has 21 heavy (non-hydrogen) atoms. The first-order valence-corrected chi connectivity index (χ1v) is 7.43. The van der Waals surface area contributed by atoms with Gasteiger partial charge in [0.1, 0.15) is 5.75 Å². The number of benzene rings is 1. The van der Waals surface area contributed by atoms with Crippen molar-refractivity contribution in [3.05, 3.63) is 29.8 Å². The molecule has 3 atom stereocenters. The Morgan fingerprint density at radius 3 is 2.81 bits per heavy atom. The maximum atomic E-state index is 11.9. The quantitative estimate of drug-likeness (QED) is 0.776. The molecule has 116 valence electrons. The highest BCUT2D eigenvalue weighted by molar-refractivity contribution is 5.74. The van der Waals surface area contributed by atoms with E-state index in [0.717, 1.165) is 11.3 Å². The summed E-state index contributed by atoms with van der Waals surface area (Å²) in [5.41, 5.74) is 1.13. The van der Waals surface area contributed by atoms with Crippen LogP contribution in [0.25, 0.3) is 0 Å². The van der Waals surface area contributed by atoms with Gasteiger partial charge in [0, 0.05) is 24.1 Å². The Kier molecular flexibility index (Phi) is 5.07. The number of hydrogen-bond acceptors (Lipinski definition) is 3. The van der Waals surface area contributed by atoms with E-state index in [0.29, 0.717) is 6.61 Å². The van der Waals surface area contributed by atoms with Gasteiger partial charge in [-0.15, -0.1) is 0 Å². The molecule has 0 saturated carbocycles. The molecule has 3 unspecified atom stereocenters. The summed E-state index contributed by atoms with van der Waals surface area (Å²) in [6, 6.07) is 7.61. The fourth-order valence-electron chi connectivity index (χ4n) is 2.39. The molecule has 1 aromatic carbocycles. The first-order chi connectivity index (χ1) is 9.99. The zero-order chi connectivity index (χ0) is 15.4. The van der Waals surface area contributed by atoms with Crippen molar-refractivity contribution in [2.24, 2.45) is 5.92 Å². The van der Waals surface area contributed by atoms with E-state index < -0.39 is 6.10 Å². The zero-order valence-corrected chi connectivity index (χ0v) is 12.8. The highest BCUT2D eigenvalue weighted by Crippen LogP contribution is 2.35. The smallest absolute Gasteiger partial charge is 0.315 e. The molecule has 1 aliphatic heterocycles. The summed E-state index contributed by atoms with van der Waals surface area (Å²) in [6.07, 6.45) is -0.526. The lowest BCUT2D eigenvalue weighted by Gasteiger charge is -2.21. The minimum Gasteiger partial charge on any atom is -0.493 e. The van der Waals surface area contributed by atoms with E-state index >= 15 is 0 Å². The van der Waals surface area contributed by atoms with Gasteiger partial charge in [-0.2, -0.15) is 0 Å². The summed E-state index contributed by atoms with van der Waals surface area (Å²) in [6.45, 7) is 6.64. The zero-order valence-electron chi connectivity index (χ0n) is 12.8. The lowest BCUT2D eigenvalue weighted by molar-refractivity contribution is 0.124. The van der Waals surface area contributed by atoms with Crippen LogP contribution < -0.4 is 15.4 Å². The van der Waals surface area contributed by atoms with Gasteiger partial charge in [0.2, 0.25) is 0 Å².